The lowest BCUT2D eigenvalue weighted by atomic mass is 10.0. The van der Waals surface area contributed by atoms with E-state index < -0.39 is 23.0 Å². The maximum atomic E-state index is 12.3. The molecular weight excluding hydrogens is 1790 g/mol. The lowest BCUT2D eigenvalue weighted by Gasteiger charge is -2.06. The van der Waals surface area contributed by atoms with E-state index in [9.17, 15) is 33.9 Å². The van der Waals surface area contributed by atoms with Gasteiger partial charge in [0.2, 0.25) is 5.24 Å². The van der Waals surface area contributed by atoms with Gasteiger partial charge in [0, 0.05) is 90.3 Å². The van der Waals surface area contributed by atoms with Crippen molar-refractivity contribution in [2.45, 2.75) is 65.9 Å². The maximum Gasteiger partial charge on any atom is 0.309 e. The number of phenols is 1. The minimum absolute atomic E-state index is 0.0666. The summed E-state index contributed by atoms with van der Waals surface area (Å²) in [4.78, 5) is 67.8. The molecular formula is C71H58Br4Cl7IO15. The molecule has 516 valence electrons. The molecule has 0 bridgehead atoms. The van der Waals surface area contributed by atoms with Crippen LogP contribution in [0.1, 0.15) is 74.1 Å². The number of phenolic OH excluding ortho intramolecular Hbond substituents is 1. The van der Waals surface area contributed by atoms with Crippen molar-refractivity contribution in [3.05, 3.63) is 203 Å². The zero-order valence-electron chi connectivity index (χ0n) is 52.5. The van der Waals surface area contributed by atoms with E-state index in [4.69, 9.17) is 109 Å². The van der Waals surface area contributed by atoms with E-state index in [-0.39, 0.29) is 52.9 Å². The van der Waals surface area contributed by atoms with Crippen molar-refractivity contribution in [1.29, 1.82) is 0 Å². The smallest absolute Gasteiger partial charge is 0.309 e. The van der Waals surface area contributed by atoms with Crippen LogP contribution in [0.2, 0.25) is 30.1 Å². The molecule has 27 heteroatoms. The summed E-state index contributed by atoms with van der Waals surface area (Å²) in [7, 11) is 2.63. The van der Waals surface area contributed by atoms with Crippen molar-refractivity contribution in [3.8, 4) is 11.5 Å². The molecule has 0 spiro atoms. The number of methoxy groups -OCH3 is 2. The third-order valence-corrected chi connectivity index (χ3v) is 20.2. The number of aryl methyl sites for hydroxylation is 4. The Labute approximate surface area is 645 Å². The van der Waals surface area contributed by atoms with Crippen LogP contribution in [0.5, 0.6) is 11.5 Å². The Morgan fingerprint density at radius 1 is 0.520 bits per heavy atom. The second-order valence-electron chi connectivity index (χ2n) is 22.9. The van der Waals surface area contributed by atoms with Gasteiger partial charge in [-0.15, -0.1) is 6.58 Å². The van der Waals surface area contributed by atoms with Gasteiger partial charge in [-0.1, -0.05) is 162 Å². The molecule has 3 aliphatic carbocycles. The van der Waals surface area contributed by atoms with Crippen LogP contribution in [0, 0.1) is 63.2 Å². The van der Waals surface area contributed by atoms with Crippen LogP contribution in [-0.4, -0.2) is 69.7 Å². The summed E-state index contributed by atoms with van der Waals surface area (Å²) < 4.78 is 41.3. The third-order valence-electron chi connectivity index (χ3n) is 15.4. The highest BCUT2D eigenvalue weighted by Gasteiger charge is 2.50. The molecule has 6 aromatic carbocycles. The zero-order valence-corrected chi connectivity index (χ0v) is 66.3. The number of carboxylic acid groups (broad SMARTS) is 1. The van der Waals surface area contributed by atoms with Crippen molar-refractivity contribution >= 4 is 246 Å². The summed E-state index contributed by atoms with van der Waals surface area (Å²) >= 11 is 56.8. The Bertz CT molecular complexity index is 4630. The van der Waals surface area contributed by atoms with Crippen LogP contribution in [0.15, 0.2) is 145 Å². The number of carbonyl (C=O) groups is 6. The Balaban J connectivity index is 0.000000148. The van der Waals surface area contributed by atoms with E-state index in [1.54, 1.807) is 49.4 Å². The molecule has 0 radical (unpaired) electrons. The number of hydrogen-bond acceptors (Lipinski definition) is 14. The van der Waals surface area contributed by atoms with Gasteiger partial charge in [0.15, 0.2) is 33.9 Å². The van der Waals surface area contributed by atoms with E-state index >= 15 is 0 Å². The first kappa shape index (κ1) is 78.6. The SMILES string of the molecule is C=CCc1cc(Br)cc(Cl)c1O.COC(=O)[C@H]1C[C@@H]1C(=O)Cl.COC(=O)[C@H]1C[C@@H]1C(=O)c1cc(Cl)c2oc(C)cc2c1.Cc1cc2cc(Br)cc(Cl)c2o1.Cc1cc2cc(Br)cc(Cl)c2o1.Cc1cc2cc(C(=O)[C@H]3C[C@@H]3C(=O)O)cc(Cl)c2o1.Clc1cc(Br)cc2c1OC(CI)C2. The van der Waals surface area contributed by atoms with Gasteiger partial charge in [-0.05, 0) is 162 Å². The molecule has 7 atom stereocenters. The number of ether oxygens (including phenoxy) is 3. The molecule has 4 aromatic heterocycles. The van der Waals surface area contributed by atoms with Crippen LogP contribution in [-0.2, 0) is 41.5 Å². The van der Waals surface area contributed by atoms with Crippen LogP contribution < -0.4 is 4.74 Å². The number of ketones is 2. The average molecular weight is 1850 g/mol. The van der Waals surface area contributed by atoms with Crippen LogP contribution in [0.4, 0.5) is 0 Å². The highest BCUT2D eigenvalue weighted by Crippen LogP contribution is 2.45. The number of fused-ring (bicyclic) bond motifs is 5. The van der Waals surface area contributed by atoms with Gasteiger partial charge in [-0.25, -0.2) is 0 Å². The maximum absolute atomic E-state index is 12.3. The highest BCUT2D eigenvalue weighted by atomic mass is 127. The lowest BCUT2D eigenvalue weighted by molar-refractivity contribution is -0.143. The van der Waals surface area contributed by atoms with Crippen LogP contribution in [0.25, 0.3) is 43.9 Å². The van der Waals surface area contributed by atoms with Crippen LogP contribution >= 0.6 is 168 Å². The molecule has 3 fully saturated rings. The molecule has 5 heterocycles. The van der Waals surface area contributed by atoms with E-state index in [1.807, 2.05) is 75.4 Å². The number of aromatic hydroxyl groups is 1. The number of rotatable bonds is 11. The molecule has 2 N–H and O–H groups in total. The van der Waals surface area contributed by atoms with Gasteiger partial charge in [0.25, 0.3) is 0 Å². The minimum atomic E-state index is -0.912. The van der Waals surface area contributed by atoms with Crippen LogP contribution in [0.3, 0.4) is 0 Å². The van der Waals surface area contributed by atoms with E-state index in [2.05, 4.69) is 108 Å². The fraction of sp³-hybridized carbons (Fsp3) is 0.268. The Morgan fingerprint density at radius 3 is 1.29 bits per heavy atom. The molecule has 15 nitrogen and oxygen atoms in total. The van der Waals surface area contributed by atoms with Crippen molar-refractivity contribution in [2.24, 2.45) is 35.5 Å². The number of aliphatic carboxylic acids is 1. The molecule has 4 aliphatic rings. The lowest BCUT2D eigenvalue weighted by Crippen LogP contribution is -2.13. The second-order valence-corrected chi connectivity index (χ2v) is 30.3. The van der Waals surface area contributed by atoms with E-state index in [0.29, 0.717) is 84.2 Å². The Kier molecular flexibility index (Phi) is 27.9. The second kappa shape index (κ2) is 34.7. The fourth-order valence-electron chi connectivity index (χ4n) is 10.5. The fourth-order valence-corrected chi connectivity index (χ4v) is 15.3. The summed E-state index contributed by atoms with van der Waals surface area (Å²) in [5.41, 5.74) is 5.62. The van der Waals surface area contributed by atoms with E-state index in [1.165, 1.54) is 19.8 Å². The Hall–Kier alpha value is -5.08. The summed E-state index contributed by atoms with van der Waals surface area (Å²) in [6, 6.07) is 29.2. The first-order chi connectivity index (χ1) is 46.3. The van der Waals surface area contributed by atoms with Gasteiger partial charge in [0.05, 0.1) is 62.1 Å². The van der Waals surface area contributed by atoms with E-state index in [0.717, 1.165) is 95.8 Å². The number of esters is 2. The van der Waals surface area contributed by atoms with Crippen molar-refractivity contribution in [1.82, 2.24) is 0 Å². The predicted molar refractivity (Wildman–Crippen MR) is 406 cm³/mol. The van der Waals surface area contributed by atoms with Crippen molar-refractivity contribution in [2.75, 3.05) is 18.6 Å². The topological polar surface area (TPSA) is 223 Å². The van der Waals surface area contributed by atoms with Crippen molar-refractivity contribution in [3.63, 3.8) is 0 Å². The molecule has 1 aliphatic heterocycles. The Morgan fingerprint density at radius 2 is 0.888 bits per heavy atom. The summed E-state index contributed by atoms with van der Waals surface area (Å²) in [5, 5.41) is 24.7. The number of alkyl halides is 1. The largest absolute Gasteiger partial charge is 0.506 e. The van der Waals surface area contributed by atoms with Crippen molar-refractivity contribution < 1.29 is 70.9 Å². The minimum Gasteiger partial charge on any atom is -0.506 e. The zero-order chi connectivity index (χ0) is 71.9. The number of benzene rings is 6. The number of hydrogen-bond donors (Lipinski definition) is 2. The molecule has 0 amide bonds. The summed E-state index contributed by atoms with van der Waals surface area (Å²) in [5.74, 6) is 0.313. The standard InChI is InChI=1S/C15H13ClO4.C14H11ClO4.C9H7BrClIO.2C9H6BrClO.C9H8BrClO.C6H7ClO3/c1-7-3-9-4-8(5-12(16)14(9)20-7)13(17)10-6-11(10)15(18)19-2;1-6-2-8-3-7(4-11(15)13(8)19-6)12(16)9-5-10(9)14(17)18;10-6-1-5-2-7(4-12)13-9(5)8(11)3-6;2*1-5-2-6-3-7(10)4-8(11)9(6)12-5;1-2-3-6-4-7(10)5-8(11)9(6)12;1-10-6(9)4-2-3(4)5(7)8/h3-5,10-11H,6H2,1-2H3;2-4,9-10H,5H2,1H3,(H,17,18);1,3,7H,2,4H2;2*2-4H,1H3;2,4-5,12H,1,3H2;3-4H,2H2,1H3/t10-,11-;9-,10-;;;;;3-,4-/m00....0/s1. The summed E-state index contributed by atoms with van der Waals surface area (Å²) in [6.45, 7) is 11.0. The number of halogens is 12. The number of furan rings is 4. The number of allylic oxidation sites excluding steroid dienone is 1. The number of carboxylic acids is 1. The quantitative estimate of drug-likeness (QED) is 0.0307. The molecule has 3 saturated carbocycles. The molecule has 98 heavy (non-hydrogen) atoms. The van der Waals surface area contributed by atoms with Gasteiger partial charge < -0.3 is 42.1 Å². The summed E-state index contributed by atoms with van der Waals surface area (Å²) in [6.07, 6.45) is 5.11. The monoisotopic (exact) mass is 1840 g/mol. The number of Topliss-reactive ketones (excluding diaryl/α,β-unsaturated/α-hetero) is 2. The predicted octanol–water partition coefficient (Wildman–Crippen LogP) is 22.9. The number of carbonyl (C=O) groups excluding carboxylic acids is 5. The third kappa shape index (κ3) is 20.4. The first-order valence-electron chi connectivity index (χ1n) is 29.6. The first-order valence-corrected chi connectivity index (χ1v) is 36.9. The molecule has 1 unspecified atom stereocenters. The average Bonchev–Trinajstić information content (AvgIpc) is 1.54. The van der Waals surface area contributed by atoms with Gasteiger partial charge in [-0.2, -0.15) is 0 Å². The van der Waals surface area contributed by atoms with Gasteiger partial charge >= 0.3 is 17.9 Å². The highest BCUT2D eigenvalue weighted by molar-refractivity contribution is 14.1. The molecule has 0 saturated heterocycles. The van der Waals surface area contributed by atoms with Gasteiger partial charge in [-0.3, -0.25) is 28.8 Å². The molecule has 14 rings (SSSR count). The molecule has 10 aromatic rings. The normalized spacial score (nSPS) is 18.0. The van der Waals surface area contributed by atoms with Gasteiger partial charge in [0.1, 0.15) is 40.6 Å².